The van der Waals surface area contributed by atoms with Crippen LogP contribution in [-0.4, -0.2) is 48.5 Å². The molecule has 0 fully saturated rings. The number of hydroxylamine groups is 2. The summed E-state index contributed by atoms with van der Waals surface area (Å²) in [7, 11) is 6.14. The quantitative estimate of drug-likeness (QED) is 0.0874. The number of unbranched alkanes of at least 4 members (excludes halogenated alkanes) is 14. The Bertz CT molecular complexity index is 353. The fraction of sp³-hybridized carbons (Fsp3) is 1.00. The van der Waals surface area contributed by atoms with Crippen LogP contribution in [0, 0.1) is 0 Å². The second-order valence-corrected chi connectivity index (χ2v) is 10.3. The van der Waals surface area contributed by atoms with Crippen molar-refractivity contribution in [2.75, 3.05) is 27.9 Å². The van der Waals surface area contributed by atoms with Crippen molar-refractivity contribution >= 4 is 10.4 Å². The first-order chi connectivity index (χ1) is 14.1. The lowest BCUT2D eigenvalue weighted by atomic mass is 10.0. The van der Waals surface area contributed by atoms with Gasteiger partial charge >= 0.3 is 5.91 Å². The third kappa shape index (κ3) is 11.9. The van der Waals surface area contributed by atoms with Gasteiger partial charge in [0.25, 0.3) is 10.4 Å². The van der Waals surface area contributed by atoms with Crippen LogP contribution < -0.4 is 0 Å². The molecule has 4 nitrogen and oxygen atoms in total. The van der Waals surface area contributed by atoms with Gasteiger partial charge in [-0.25, -0.2) is 4.84 Å². The molecule has 0 bridgehead atoms. The summed E-state index contributed by atoms with van der Waals surface area (Å²) in [6.45, 7) is 5.41. The number of ether oxygens (including phenoxy) is 2. The molecule has 0 saturated carbocycles. The van der Waals surface area contributed by atoms with E-state index in [0.717, 1.165) is 36.2 Å². The predicted octanol–water partition coefficient (Wildman–Crippen LogP) is 6.26. The molecule has 0 saturated heterocycles. The van der Waals surface area contributed by atoms with Crippen LogP contribution in [0.4, 0.5) is 0 Å². The summed E-state index contributed by atoms with van der Waals surface area (Å²) in [5.41, 5.74) is 0. The van der Waals surface area contributed by atoms with Gasteiger partial charge in [0.15, 0.2) is 0 Å². The molecule has 0 aliphatic heterocycles. The Morgan fingerprint density at radius 3 is 1.28 bits per heavy atom. The molecule has 0 amide bonds. The van der Waals surface area contributed by atoms with E-state index in [1.165, 1.54) is 89.9 Å². The van der Waals surface area contributed by atoms with Gasteiger partial charge in [0.2, 0.25) is 0 Å². The molecule has 0 aromatic rings. The highest BCUT2D eigenvalue weighted by molar-refractivity contribution is 5.97. The minimum Gasteiger partial charge on any atom is -0.306 e. The standard InChI is InChI=1S/C24H54NO3Si/c1-6-8-9-10-11-12-13-14-15-16-17-18-19-20-21-22-24(26-3,27-4)25(29,28-5)23-7-2/h6-23H2,1-5,29H3/q+1. The van der Waals surface area contributed by atoms with Gasteiger partial charge in [0.1, 0.15) is 0 Å². The molecule has 5 heteroatoms. The molecule has 0 heterocycles. The second kappa shape index (κ2) is 18.8. The van der Waals surface area contributed by atoms with Crippen LogP contribution in [0.2, 0.25) is 0 Å². The van der Waals surface area contributed by atoms with E-state index < -0.39 is 5.91 Å². The smallest absolute Gasteiger partial charge is 0.306 e. The molecule has 0 aromatic heterocycles. The molecule has 0 aromatic carbocycles. The van der Waals surface area contributed by atoms with Gasteiger partial charge in [0.05, 0.1) is 20.1 Å². The van der Waals surface area contributed by atoms with Crippen molar-refractivity contribution < 1.29 is 18.6 Å². The summed E-state index contributed by atoms with van der Waals surface area (Å²) in [5.74, 6) is -0.645. The van der Waals surface area contributed by atoms with Crippen molar-refractivity contribution in [3.05, 3.63) is 0 Å². The van der Waals surface area contributed by atoms with Gasteiger partial charge in [-0.2, -0.15) is 4.31 Å². The molecule has 1 unspecified atom stereocenters. The second-order valence-electron chi connectivity index (χ2n) is 8.83. The zero-order valence-electron chi connectivity index (χ0n) is 20.9. The molecule has 29 heavy (non-hydrogen) atoms. The number of nitrogens with zero attached hydrogens (tertiary/aromatic N) is 1. The first-order valence-electron chi connectivity index (χ1n) is 12.6. The van der Waals surface area contributed by atoms with Gasteiger partial charge in [-0.1, -0.05) is 104 Å². The average Bonchev–Trinajstić information content (AvgIpc) is 2.74. The number of hydrogen-bond acceptors (Lipinski definition) is 3. The van der Waals surface area contributed by atoms with Crippen LogP contribution in [0.25, 0.3) is 0 Å². The Morgan fingerprint density at radius 2 is 0.966 bits per heavy atom. The number of quaternary nitrogens is 1. The van der Waals surface area contributed by atoms with Crippen molar-refractivity contribution in [3.63, 3.8) is 0 Å². The fourth-order valence-electron chi connectivity index (χ4n) is 4.46. The van der Waals surface area contributed by atoms with Crippen LogP contribution in [-0.2, 0) is 14.3 Å². The van der Waals surface area contributed by atoms with E-state index in [4.69, 9.17) is 14.3 Å². The van der Waals surface area contributed by atoms with Crippen molar-refractivity contribution in [1.82, 2.24) is 0 Å². The Hall–Kier alpha value is 0.0569. The Morgan fingerprint density at radius 1 is 0.586 bits per heavy atom. The molecule has 1 atom stereocenters. The maximum Gasteiger partial charge on any atom is 0.331 e. The average molecular weight is 433 g/mol. The summed E-state index contributed by atoms with van der Waals surface area (Å²) < 4.78 is 12.2. The molecular weight excluding hydrogens is 378 g/mol. The van der Waals surface area contributed by atoms with Gasteiger partial charge in [0, 0.05) is 14.2 Å². The molecule has 0 spiro atoms. The summed E-state index contributed by atoms with van der Waals surface area (Å²) in [4.78, 5) is 5.85. The van der Waals surface area contributed by atoms with Crippen LogP contribution in [0.5, 0.6) is 0 Å². The first kappa shape index (κ1) is 29.1. The third-order valence-electron chi connectivity index (χ3n) is 6.51. The summed E-state index contributed by atoms with van der Waals surface area (Å²) >= 11 is 0. The monoisotopic (exact) mass is 432 g/mol. The maximum absolute atomic E-state index is 5.87. The van der Waals surface area contributed by atoms with E-state index in [9.17, 15) is 0 Å². The van der Waals surface area contributed by atoms with Crippen molar-refractivity contribution in [1.29, 1.82) is 0 Å². The van der Waals surface area contributed by atoms with Gasteiger partial charge in [-0.05, 0) is 12.8 Å². The van der Waals surface area contributed by atoms with E-state index in [2.05, 4.69) is 13.8 Å². The molecule has 0 N–H and O–H groups in total. The lowest BCUT2D eigenvalue weighted by Gasteiger charge is -2.46. The van der Waals surface area contributed by atoms with Gasteiger partial charge in [-0.15, -0.1) is 0 Å². The predicted molar refractivity (Wildman–Crippen MR) is 129 cm³/mol. The van der Waals surface area contributed by atoms with E-state index in [1.807, 2.05) is 0 Å². The van der Waals surface area contributed by atoms with Crippen molar-refractivity contribution in [2.45, 2.75) is 129 Å². The van der Waals surface area contributed by atoms with Crippen molar-refractivity contribution in [3.8, 4) is 0 Å². The molecule has 0 aliphatic carbocycles. The van der Waals surface area contributed by atoms with E-state index in [1.54, 1.807) is 21.3 Å². The lowest BCUT2D eigenvalue weighted by molar-refractivity contribution is -1.09. The molecule has 0 rings (SSSR count). The van der Waals surface area contributed by atoms with Gasteiger partial charge < -0.3 is 9.47 Å². The summed E-state index contributed by atoms with van der Waals surface area (Å²) in [6, 6.07) is 0. The Labute approximate surface area is 186 Å². The zero-order chi connectivity index (χ0) is 21.8. The van der Waals surface area contributed by atoms with Crippen LogP contribution in [0.15, 0.2) is 0 Å². The van der Waals surface area contributed by atoms with Crippen LogP contribution in [0.3, 0.4) is 0 Å². The Kier molecular flexibility index (Phi) is 18.8. The normalized spacial score (nSPS) is 14.4. The summed E-state index contributed by atoms with van der Waals surface area (Å²) in [5, 5.41) is 0. The lowest BCUT2D eigenvalue weighted by Crippen LogP contribution is -2.64. The van der Waals surface area contributed by atoms with Crippen LogP contribution in [0.1, 0.15) is 123 Å². The fourth-order valence-corrected chi connectivity index (χ4v) is 5.49. The highest BCUT2D eigenvalue weighted by Gasteiger charge is 2.49. The molecule has 0 radical (unpaired) electrons. The highest BCUT2D eigenvalue weighted by Crippen LogP contribution is 2.31. The molecular formula is C24H54NO3Si+. The largest absolute Gasteiger partial charge is 0.331 e. The zero-order valence-corrected chi connectivity index (χ0v) is 22.9. The van der Waals surface area contributed by atoms with E-state index in [0.29, 0.717) is 4.31 Å². The third-order valence-corrected chi connectivity index (χ3v) is 8.00. The highest BCUT2D eigenvalue weighted by atomic mass is 28.2. The topological polar surface area (TPSA) is 27.7 Å². The number of rotatable bonds is 22. The molecule has 0 aliphatic rings. The number of hydrogen-bond donors (Lipinski definition) is 0. The number of methoxy groups -OCH3 is 2. The minimum atomic E-state index is -0.645. The first-order valence-corrected chi connectivity index (χ1v) is 13.5. The van der Waals surface area contributed by atoms with E-state index in [-0.39, 0.29) is 0 Å². The van der Waals surface area contributed by atoms with Gasteiger partial charge in [-0.3, -0.25) is 0 Å². The van der Waals surface area contributed by atoms with Crippen LogP contribution >= 0.6 is 0 Å². The SMILES string of the molecule is CCCCCCCCCCCCCCCCCC(OC)(OC)[N+]([SiH3])(CCC)OC. The van der Waals surface area contributed by atoms with Crippen molar-refractivity contribution in [2.24, 2.45) is 0 Å². The maximum atomic E-state index is 5.87. The molecule has 176 valence electrons. The summed E-state index contributed by atoms with van der Waals surface area (Å²) in [6.07, 6.45) is 22.7. The van der Waals surface area contributed by atoms with E-state index >= 15 is 0 Å². The minimum absolute atomic E-state index is 0.481. The Balaban J connectivity index is 3.76.